The van der Waals surface area contributed by atoms with Crippen molar-refractivity contribution < 1.29 is 14.5 Å². The molecule has 0 aliphatic rings. The van der Waals surface area contributed by atoms with E-state index in [0.29, 0.717) is 22.6 Å². The molecule has 116 valence electrons. The van der Waals surface area contributed by atoms with Crippen LogP contribution in [0.15, 0.2) is 42.6 Å². The van der Waals surface area contributed by atoms with Gasteiger partial charge in [-0.05, 0) is 30.7 Å². The molecule has 3 aromatic rings. The van der Waals surface area contributed by atoms with Crippen LogP contribution < -0.4 is 4.74 Å². The van der Waals surface area contributed by atoms with Gasteiger partial charge in [-0.1, -0.05) is 6.07 Å². The highest BCUT2D eigenvalue weighted by atomic mass is 16.6. The normalized spacial score (nSPS) is 10.7. The summed E-state index contributed by atoms with van der Waals surface area (Å²) in [5.74, 6) is 0.479. The minimum Gasteiger partial charge on any atom is -0.496 e. The maximum absolute atomic E-state index is 11.6. The van der Waals surface area contributed by atoms with E-state index in [1.165, 1.54) is 25.3 Å². The molecular formula is C17H14N2O4. The maximum atomic E-state index is 11.6. The SMILES string of the molecule is COc1ccc([N+](=O)[O-])cc1-c1cc2c(C)cccn2c1C=O. The van der Waals surface area contributed by atoms with Crippen LogP contribution >= 0.6 is 0 Å². The van der Waals surface area contributed by atoms with Crippen molar-refractivity contribution in [1.29, 1.82) is 0 Å². The minimum absolute atomic E-state index is 0.0513. The van der Waals surface area contributed by atoms with Crippen LogP contribution in [0.4, 0.5) is 5.69 Å². The van der Waals surface area contributed by atoms with Crippen LogP contribution in [0, 0.1) is 17.0 Å². The first-order valence-electron chi connectivity index (χ1n) is 6.95. The predicted molar refractivity (Wildman–Crippen MR) is 86.2 cm³/mol. The average Bonchev–Trinajstić information content (AvgIpc) is 2.94. The fraction of sp³-hybridized carbons (Fsp3) is 0.118. The van der Waals surface area contributed by atoms with E-state index in [1.807, 2.05) is 25.1 Å². The fourth-order valence-corrected chi connectivity index (χ4v) is 2.72. The molecule has 0 fully saturated rings. The molecule has 1 aromatic carbocycles. The lowest BCUT2D eigenvalue weighted by molar-refractivity contribution is -0.384. The molecule has 3 rings (SSSR count). The summed E-state index contributed by atoms with van der Waals surface area (Å²) in [5, 5.41) is 11.1. The van der Waals surface area contributed by atoms with Gasteiger partial charge in [-0.3, -0.25) is 14.9 Å². The first-order chi connectivity index (χ1) is 11.1. The molecular weight excluding hydrogens is 296 g/mol. The van der Waals surface area contributed by atoms with Gasteiger partial charge in [0.1, 0.15) is 5.75 Å². The number of ether oxygens (including phenoxy) is 1. The third-order valence-electron chi connectivity index (χ3n) is 3.86. The van der Waals surface area contributed by atoms with Gasteiger partial charge in [-0.25, -0.2) is 0 Å². The van der Waals surface area contributed by atoms with Gasteiger partial charge >= 0.3 is 0 Å². The monoisotopic (exact) mass is 310 g/mol. The molecule has 0 amide bonds. The van der Waals surface area contributed by atoms with Crippen molar-refractivity contribution >= 4 is 17.5 Å². The zero-order valence-electron chi connectivity index (χ0n) is 12.6. The number of methoxy groups -OCH3 is 1. The summed E-state index contributed by atoms with van der Waals surface area (Å²) in [7, 11) is 1.49. The van der Waals surface area contributed by atoms with E-state index < -0.39 is 4.92 Å². The van der Waals surface area contributed by atoms with Gasteiger partial charge in [0.25, 0.3) is 5.69 Å². The van der Waals surface area contributed by atoms with Gasteiger partial charge < -0.3 is 9.14 Å². The smallest absolute Gasteiger partial charge is 0.270 e. The number of non-ortho nitro benzene ring substituents is 1. The maximum Gasteiger partial charge on any atom is 0.270 e. The molecule has 2 heterocycles. The molecule has 6 nitrogen and oxygen atoms in total. The van der Waals surface area contributed by atoms with Gasteiger partial charge in [-0.2, -0.15) is 0 Å². The molecule has 0 radical (unpaired) electrons. The number of hydrogen-bond acceptors (Lipinski definition) is 4. The number of nitro benzene ring substituents is 1. The van der Waals surface area contributed by atoms with E-state index >= 15 is 0 Å². The Hall–Kier alpha value is -3.15. The first-order valence-corrected chi connectivity index (χ1v) is 6.95. The van der Waals surface area contributed by atoms with Crippen LogP contribution in [0.3, 0.4) is 0 Å². The van der Waals surface area contributed by atoms with Crippen LogP contribution in [-0.4, -0.2) is 22.7 Å². The molecule has 0 unspecified atom stereocenters. The summed E-state index contributed by atoms with van der Waals surface area (Å²) < 4.78 is 7.09. The zero-order valence-corrected chi connectivity index (χ0v) is 12.6. The third-order valence-corrected chi connectivity index (χ3v) is 3.86. The Bertz CT molecular complexity index is 928. The lowest BCUT2D eigenvalue weighted by atomic mass is 10.0. The van der Waals surface area contributed by atoms with Crippen LogP contribution in [0.2, 0.25) is 0 Å². The number of carbonyl (C=O) groups is 1. The number of aryl methyl sites for hydroxylation is 1. The predicted octanol–water partition coefficient (Wildman–Crippen LogP) is 3.64. The highest BCUT2D eigenvalue weighted by Crippen LogP contribution is 2.37. The number of benzene rings is 1. The number of pyridine rings is 1. The molecule has 0 saturated carbocycles. The Morgan fingerprint density at radius 3 is 2.65 bits per heavy atom. The molecule has 23 heavy (non-hydrogen) atoms. The average molecular weight is 310 g/mol. The van der Waals surface area contributed by atoms with Crippen molar-refractivity contribution in [1.82, 2.24) is 4.40 Å². The number of fused-ring (bicyclic) bond motifs is 1. The molecule has 2 aromatic heterocycles. The highest BCUT2D eigenvalue weighted by molar-refractivity contribution is 5.92. The fourth-order valence-electron chi connectivity index (χ4n) is 2.72. The van der Waals surface area contributed by atoms with Crippen LogP contribution in [-0.2, 0) is 0 Å². The number of hydrogen-bond donors (Lipinski definition) is 0. The van der Waals surface area contributed by atoms with Crippen molar-refractivity contribution in [2.24, 2.45) is 0 Å². The lowest BCUT2D eigenvalue weighted by Gasteiger charge is -2.07. The zero-order chi connectivity index (χ0) is 16.6. The van der Waals surface area contributed by atoms with Crippen molar-refractivity contribution in [2.45, 2.75) is 6.92 Å². The van der Waals surface area contributed by atoms with Crippen molar-refractivity contribution in [2.75, 3.05) is 7.11 Å². The highest BCUT2D eigenvalue weighted by Gasteiger charge is 2.19. The molecule has 0 aliphatic carbocycles. The van der Waals surface area contributed by atoms with Crippen molar-refractivity contribution in [3.8, 4) is 16.9 Å². The lowest BCUT2D eigenvalue weighted by Crippen LogP contribution is -1.95. The molecule has 6 heteroatoms. The summed E-state index contributed by atoms with van der Waals surface area (Å²) >= 11 is 0. The van der Waals surface area contributed by atoms with E-state index in [0.717, 1.165) is 17.4 Å². The van der Waals surface area contributed by atoms with E-state index in [1.54, 1.807) is 10.6 Å². The number of nitrogens with zero attached hydrogens (tertiary/aromatic N) is 2. The van der Waals surface area contributed by atoms with E-state index in [9.17, 15) is 14.9 Å². The van der Waals surface area contributed by atoms with E-state index in [4.69, 9.17) is 4.74 Å². The van der Waals surface area contributed by atoms with Crippen LogP contribution in [0.1, 0.15) is 16.1 Å². The van der Waals surface area contributed by atoms with Crippen LogP contribution in [0.5, 0.6) is 5.75 Å². The summed E-state index contributed by atoms with van der Waals surface area (Å²) in [6.45, 7) is 1.94. The van der Waals surface area contributed by atoms with Gasteiger partial charge in [0.2, 0.25) is 0 Å². The Labute approximate surface area is 132 Å². The number of carbonyl (C=O) groups excluding carboxylic acids is 1. The molecule has 0 spiro atoms. The topological polar surface area (TPSA) is 73.8 Å². The Kier molecular flexibility index (Phi) is 3.57. The van der Waals surface area contributed by atoms with Crippen molar-refractivity contribution in [3.63, 3.8) is 0 Å². The number of aromatic nitrogens is 1. The second-order valence-corrected chi connectivity index (χ2v) is 5.15. The van der Waals surface area contributed by atoms with E-state index in [2.05, 4.69) is 0 Å². The molecule has 0 atom stereocenters. The molecule has 0 bridgehead atoms. The van der Waals surface area contributed by atoms with E-state index in [-0.39, 0.29) is 5.69 Å². The largest absolute Gasteiger partial charge is 0.496 e. The second-order valence-electron chi connectivity index (χ2n) is 5.15. The Morgan fingerprint density at radius 1 is 1.22 bits per heavy atom. The summed E-state index contributed by atoms with van der Waals surface area (Å²) in [5.41, 5.74) is 3.39. The Balaban J connectivity index is 2.36. The first kappa shape index (κ1) is 14.8. The number of rotatable bonds is 4. The number of aldehydes is 1. The summed E-state index contributed by atoms with van der Waals surface area (Å²) in [6.07, 6.45) is 2.54. The van der Waals surface area contributed by atoms with Gasteiger partial charge in [-0.15, -0.1) is 0 Å². The summed E-state index contributed by atoms with van der Waals surface area (Å²) in [4.78, 5) is 22.2. The molecule has 0 N–H and O–H groups in total. The van der Waals surface area contributed by atoms with Crippen LogP contribution in [0.25, 0.3) is 16.6 Å². The minimum atomic E-state index is -0.468. The number of nitro groups is 1. The molecule has 0 saturated heterocycles. The van der Waals surface area contributed by atoms with Gasteiger partial charge in [0.15, 0.2) is 6.29 Å². The van der Waals surface area contributed by atoms with Gasteiger partial charge in [0, 0.05) is 35.0 Å². The summed E-state index contributed by atoms with van der Waals surface area (Å²) in [6, 6.07) is 9.99. The third kappa shape index (κ3) is 2.34. The Morgan fingerprint density at radius 2 is 2.00 bits per heavy atom. The van der Waals surface area contributed by atoms with Crippen molar-refractivity contribution in [3.05, 3.63) is 64.0 Å². The quantitative estimate of drug-likeness (QED) is 0.419. The van der Waals surface area contributed by atoms with Gasteiger partial charge in [0.05, 0.1) is 17.7 Å². The molecule has 0 aliphatic heterocycles. The standard InChI is InChI=1S/C17H14N2O4/c1-11-4-3-7-18-15(11)9-13(16(18)10-20)14-8-12(19(21)22)5-6-17(14)23-2/h3-10H,1-2H3. The second kappa shape index (κ2) is 5.57.